The fourth-order valence-corrected chi connectivity index (χ4v) is 25.7. The summed E-state index contributed by atoms with van der Waals surface area (Å²) in [6.07, 6.45) is 0. The van der Waals surface area contributed by atoms with E-state index < -0.39 is 37.2 Å². The predicted molar refractivity (Wildman–Crippen MR) is 219 cm³/mol. The number of alkyl halides is 21. The molecule has 0 nitrogen and oxygen atoms in total. The molecule has 192 valence electrons. The van der Waals surface area contributed by atoms with E-state index in [-0.39, 0.29) is 0 Å². The molecule has 32 heavy (non-hydrogen) atoms. The smallest absolute Gasteiger partial charge is 0.0839 e. The van der Waals surface area contributed by atoms with Gasteiger partial charge in [-0.3, -0.25) is 0 Å². The Morgan fingerprint density at radius 3 is 0.531 bits per heavy atom. The monoisotopic (exact) mass is 1790 g/mol. The van der Waals surface area contributed by atoms with Crippen molar-refractivity contribution in [1.29, 1.82) is 0 Å². The highest BCUT2D eigenvalue weighted by Gasteiger charge is 2.82. The van der Waals surface area contributed by atoms with Gasteiger partial charge in [-0.15, -0.1) is 0 Å². The topological polar surface area (TPSA) is 0 Å². The van der Waals surface area contributed by atoms with Crippen molar-refractivity contribution in [1.82, 2.24) is 0 Å². The SMILES string of the molecule is BrC1C(Br)(Br)C(Br)(Br)C(Br)(Br)C(Br)(Br)C(Br)(Br)C(Br)(Br)C(Br)(Br)C(Br)(Br)C(Br)(Br)C1(Br)Br. The van der Waals surface area contributed by atoms with E-state index in [1.807, 2.05) is 0 Å². The van der Waals surface area contributed by atoms with E-state index in [4.69, 9.17) is 0 Å². The molecule has 1 aliphatic rings. The molecule has 0 aromatic carbocycles. The number of halogens is 21. The van der Waals surface area contributed by atoms with Crippen molar-refractivity contribution < 1.29 is 0 Å². The van der Waals surface area contributed by atoms with Crippen LogP contribution in [0.5, 0.6) is 0 Å². The zero-order valence-corrected chi connectivity index (χ0v) is 46.8. The van der Waals surface area contributed by atoms with Crippen molar-refractivity contribution in [3.05, 3.63) is 0 Å². The highest BCUT2D eigenvalue weighted by Crippen LogP contribution is 2.82. The van der Waals surface area contributed by atoms with Gasteiger partial charge in [-0.25, -0.2) is 0 Å². The Kier molecular flexibility index (Phi) is 15.5. The van der Waals surface area contributed by atoms with Gasteiger partial charge in [-0.1, -0.05) is 335 Å². The molecule has 0 bridgehead atoms. The Balaban J connectivity index is 4.38. The van der Waals surface area contributed by atoms with Crippen molar-refractivity contribution in [2.24, 2.45) is 0 Å². The van der Waals surface area contributed by atoms with Crippen LogP contribution in [0, 0.1) is 0 Å². The Bertz CT molecular complexity index is 681. The van der Waals surface area contributed by atoms with Crippen LogP contribution >= 0.6 is 335 Å². The molecule has 0 N–H and O–H groups in total. The molecular weight excluding hydrogens is 1810 g/mol. The van der Waals surface area contributed by atoms with Gasteiger partial charge >= 0.3 is 0 Å². The summed E-state index contributed by atoms with van der Waals surface area (Å²) < 4.78 is -10.0. The lowest BCUT2D eigenvalue weighted by atomic mass is 10.1. The maximum Gasteiger partial charge on any atom is 0.135 e. The van der Waals surface area contributed by atoms with E-state index in [0.29, 0.717) is 0 Å². The van der Waals surface area contributed by atoms with Gasteiger partial charge in [-0.2, -0.15) is 0 Å². The molecule has 1 fully saturated rings. The van der Waals surface area contributed by atoms with Gasteiger partial charge in [0.25, 0.3) is 0 Å². The summed E-state index contributed by atoms with van der Waals surface area (Å²) >= 11 is 82.0. The van der Waals surface area contributed by atoms with Crippen molar-refractivity contribution in [3.8, 4) is 0 Å². The fourth-order valence-electron chi connectivity index (χ4n) is 2.15. The third-order valence-corrected chi connectivity index (χ3v) is 50.6. The molecular formula is C11HBr21. The minimum Gasteiger partial charge on any atom is -0.0839 e. The summed E-state index contributed by atoms with van der Waals surface area (Å²) in [5.74, 6) is 0. The first-order chi connectivity index (χ1) is 13.4. The average Bonchev–Trinajstić information content (AvgIpc) is 2.58. The Morgan fingerprint density at radius 1 is 0.250 bits per heavy atom. The van der Waals surface area contributed by atoms with Crippen molar-refractivity contribution in [2.75, 3.05) is 0 Å². The normalized spacial score (nSPS) is 33.7. The van der Waals surface area contributed by atoms with Gasteiger partial charge in [0.15, 0.2) is 0 Å². The van der Waals surface area contributed by atoms with E-state index in [1.165, 1.54) is 0 Å². The van der Waals surface area contributed by atoms with Crippen LogP contribution in [0.3, 0.4) is 0 Å². The third-order valence-electron chi connectivity index (χ3n) is 4.23. The van der Waals surface area contributed by atoms with Crippen LogP contribution in [0.4, 0.5) is 0 Å². The van der Waals surface area contributed by atoms with Gasteiger partial charge in [0.1, 0.15) is 32.3 Å². The van der Waals surface area contributed by atoms with Gasteiger partial charge in [0.2, 0.25) is 0 Å². The van der Waals surface area contributed by atoms with Crippen LogP contribution in [0.15, 0.2) is 0 Å². The number of rotatable bonds is 0. The summed E-state index contributed by atoms with van der Waals surface area (Å²) in [5.41, 5.74) is 0. The molecule has 0 saturated heterocycles. The van der Waals surface area contributed by atoms with E-state index >= 15 is 0 Å². The molecule has 0 amide bonds. The molecule has 0 spiro atoms. The van der Waals surface area contributed by atoms with Crippen LogP contribution in [0.25, 0.3) is 0 Å². The molecule has 0 aromatic rings. The van der Waals surface area contributed by atoms with Gasteiger partial charge in [0, 0.05) is 0 Å². The minimum atomic E-state index is -1.04. The number of hydrogen-bond acceptors (Lipinski definition) is 0. The van der Waals surface area contributed by atoms with Crippen LogP contribution in [0.2, 0.25) is 0 Å². The first-order valence-electron chi connectivity index (χ1n) is 6.83. The Hall–Kier alpha value is 10.1. The standard InChI is InChI=1S/C11HBr21/c12-1-2(13,14)4(17,18)6(21,22)8(25,26)10(29,30)11(31,32)9(27,28)7(23,24)5(19,20)3(1,15)16/h1H. The first-order valence-corrected chi connectivity index (χ1v) is 23.6. The highest BCUT2D eigenvalue weighted by molar-refractivity contribution is 9.38. The minimum absolute atomic E-state index is 0.422. The summed E-state index contributed by atoms with van der Waals surface area (Å²) in [7, 11) is 0. The molecule has 0 heterocycles. The third kappa shape index (κ3) is 5.76. The molecule has 1 saturated carbocycles. The molecule has 0 aromatic heterocycles. The lowest BCUT2D eigenvalue weighted by molar-refractivity contribution is 0.574. The molecule has 0 atom stereocenters. The lowest BCUT2D eigenvalue weighted by Gasteiger charge is -2.58. The molecule has 1 aliphatic carbocycles. The van der Waals surface area contributed by atoms with E-state index in [9.17, 15) is 0 Å². The molecule has 21 heteroatoms. The zero-order valence-electron chi connectivity index (χ0n) is 13.5. The van der Waals surface area contributed by atoms with Crippen LogP contribution in [-0.4, -0.2) is 37.2 Å². The van der Waals surface area contributed by atoms with Gasteiger partial charge < -0.3 is 0 Å². The lowest BCUT2D eigenvalue weighted by Crippen LogP contribution is -2.69. The van der Waals surface area contributed by atoms with Crippen molar-refractivity contribution in [3.63, 3.8) is 0 Å². The predicted octanol–water partition coefficient (Wildman–Crippen LogP) is 15.6. The van der Waals surface area contributed by atoms with Crippen molar-refractivity contribution in [2.45, 2.75) is 37.2 Å². The second kappa shape index (κ2) is 12.4. The molecule has 0 radical (unpaired) electrons. The number of hydrogen-bond donors (Lipinski definition) is 0. The first kappa shape index (κ1) is 40.1. The quantitative estimate of drug-likeness (QED) is 0.212. The summed E-state index contributed by atoms with van der Waals surface area (Å²) in [4.78, 5) is -0.422. The summed E-state index contributed by atoms with van der Waals surface area (Å²) in [5, 5.41) is 0. The molecule has 1 rings (SSSR count). The van der Waals surface area contributed by atoms with E-state index in [2.05, 4.69) is 335 Å². The summed E-state index contributed by atoms with van der Waals surface area (Å²) in [6.45, 7) is 0. The van der Waals surface area contributed by atoms with Crippen molar-refractivity contribution >= 4 is 335 Å². The second-order valence-electron chi connectivity index (χ2n) is 6.20. The van der Waals surface area contributed by atoms with Gasteiger partial charge in [0.05, 0.1) is 4.83 Å². The van der Waals surface area contributed by atoms with E-state index in [1.54, 1.807) is 0 Å². The maximum atomic E-state index is 3.91. The maximum absolute atomic E-state index is 3.91. The molecule has 0 aliphatic heterocycles. The largest absolute Gasteiger partial charge is 0.135 e. The van der Waals surface area contributed by atoms with Crippen LogP contribution < -0.4 is 0 Å². The molecule has 0 unspecified atom stereocenters. The second-order valence-corrected chi connectivity index (χ2v) is 41.8. The van der Waals surface area contributed by atoms with Gasteiger partial charge in [-0.05, 0) is 0 Å². The Labute approximate surface area is 363 Å². The summed E-state index contributed by atoms with van der Waals surface area (Å²) in [6, 6.07) is 0. The fraction of sp³-hybridized carbons (Fsp3) is 1.00. The highest BCUT2D eigenvalue weighted by atomic mass is 80.0. The zero-order chi connectivity index (χ0) is 26.6. The average molecular weight is 1810 g/mol. The Morgan fingerprint density at radius 2 is 0.375 bits per heavy atom. The van der Waals surface area contributed by atoms with Crippen LogP contribution in [0.1, 0.15) is 0 Å². The van der Waals surface area contributed by atoms with Crippen LogP contribution in [-0.2, 0) is 0 Å². The van der Waals surface area contributed by atoms with E-state index in [0.717, 1.165) is 0 Å².